The number of ether oxygens (including phenoxy) is 2. The first-order chi connectivity index (χ1) is 15.4. The summed E-state index contributed by atoms with van der Waals surface area (Å²) >= 11 is 5.83. The molecule has 1 saturated carbocycles. The normalized spacial score (nSPS) is 17.8. The lowest BCUT2D eigenvalue weighted by molar-refractivity contribution is -0.125. The highest BCUT2D eigenvalue weighted by Crippen LogP contribution is 2.19. The van der Waals surface area contributed by atoms with Gasteiger partial charge in [0, 0.05) is 22.7 Å². The zero-order chi connectivity index (χ0) is 22.9. The Balaban J connectivity index is 1.31. The molecule has 0 aliphatic heterocycles. The Hall–Kier alpha value is -3.06. The predicted octanol–water partition coefficient (Wildman–Crippen LogP) is 3.54. The van der Waals surface area contributed by atoms with E-state index in [1.165, 1.54) is 6.92 Å². The zero-order valence-corrected chi connectivity index (χ0v) is 18.7. The molecule has 1 aliphatic rings. The molecule has 2 aromatic carbocycles. The number of hydrogen-bond donors (Lipinski definition) is 2. The first-order valence-electron chi connectivity index (χ1n) is 10.6. The first-order valence-corrected chi connectivity index (χ1v) is 11.0. The number of amides is 2. The van der Waals surface area contributed by atoms with Crippen LogP contribution in [0.25, 0.3) is 0 Å². The highest BCUT2D eigenvalue weighted by molar-refractivity contribution is 6.30. The number of carbonyl (C=O) groups is 3. The third kappa shape index (κ3) is 7.57. The number of nitrogens with one attached hydrogen (secondary N) is 2. The molecule has 2 aromatic rings. The molecule has 7 nitrogen and oxygen atoms in total. The third-order valence-electron chi connectivity index (χ3n) is 5.27. The molecule has 2 N–H and O–H groups in total. The number of rotatable bonds is 9. The van der Waals surface area contributed by atoms with Gasteiger partial charge in [0.15, 0.2) is 19.0 Å². The van der Waals surface area contributed by atoms with E-state index in [4.69, 9.17) is 21.1 Å². The van der Waals surface area contributed by atoms with E-state index in [9.17, 15) is 14.4 Å². The summed E-state index contributed by atoms with van der Waals surface area (Å²) in [7, 11) is 0. The maximum absolute atomic E-state index is 12.2. The van der Waals surface area contributed by atoms with Crippen LogP contribution in [0.15, 0.2) is 48.5 Å². The molecule has 170 valence electrons. The largest absolute Gasteiger partial charge is 0.484 e. The Morgan fingerprint density at radius 1 is 0.781 bits per heavy atom. The van der Waals surface area contributed by atoms with Crippen molar-refractivity contribution < 1.29 is 23.9 Å². The van der Waals surface area contributed by atoms with Gasteiger partial charge in [0.1, 0.15) is 11.5 Å². The van der Waals surface area contributed by atoms with E-state index in [-0.39, 0.29) is 42.9 Å². The quantitative estimate of drug-likeness (QED) is 0.560. The Morgan fingerprint density at radius 3 is 1.59 bits per heavy atom. The van der Waals surface area contributed by atoms with Gasteiger partial charge in [-0.2, -0.15) is 0 Å². The van der Waals surface area contributed by atoms with E-state index in [1.54, 1.807) is 48.5 Å². The Labute approximate surface area is 192 Å². The maximum Gasteiger partial charge on any atom is 0.258 e. The summed E-state index contributed by atoms with van der Waals surface area (Å²) in [5, 5.41) is 6.57. The fourth-order valence-electron chi connectivity index (χ4n) is 3.54. The molecule has 0 saturated heterocycles. The van der Waals surface area contributed by atoms with Gasteiger partial charge in [0.2, 0.25) is 0 Å². The van der Waals surface area contributed by atoms with E-state index in [2.05, 4.69) is 10.6 Å². The second-order valence-corrected chi connectivity index (χ2v) is 8.23. The molecule has 0 aromatic heterocycles. The lowest BCUT2D eigenvalue weighted by Crippen LogP contribution is -2.45. The molecule has 0 bridgehead atoms. The number of ketones is 1. The van der Waals surface area contributed by atoms with Crippen LogP contribution in [0.1, 0.15) is 43.0 Å². The Morgan fingerprint density at radius 2 is 1.19 bits per heavy atom. The molecule has 0 unspecified atom stereocenters. The summed E-state index contributed by atoms with van der Waals surface area (Å²) in [5.41, 5.74) is 0.599. The number of benzene rings is 2. The molecule has 1 fully saturated rings. The fraction of sp³-hybridized carbons (Fsp3) is 0.375. The Bertz CT molecular complexity index is 922. The molecule has 0 atom stereocenters. The van der Waals surface area contributed by atoms with Gasteiger partial charge in [0.05, 0.1) is 0 Å². The maximum atomic E-state index is 12.2. The van der Waals surface area contributed by atoms with Crippen molar-refractivity contribution >= 4 is 29.2 Å². The summed E-state index contributed by atoms with van der Waals surface area (Å²) in [5.74, 6) is 0.752. The van der Waals surface area contributed by atoms with Crippen LogP contribution in [0.3, 0.4) is 0 Å². The molecule has 1 aliphatic carbocycles. The lowest BCUT2D eigenvalue weighted by Gasteiger charge is -2.29. The molecule has 0 heterocycles. The van der Waals surface area contributed by atoms with Crippen LogP contribution in [0.4, 0.5) is 0 Å². The average molecular weight is 459 g/mol. The van der Waals surface area contributed by atoms with Crippen LogP contribution in [0.2, 0.25) is 5.02 Å². The van der Waals surface area contributed by atoms with E-state index in [0.29, 0.717) is 22.1 Å². The van der Waals surface area contributed by atoms with Crippen LogP contribution in [0.5, 0.6) is 11.5 Å². The minimum absolute atomic E-state index is 0.0184. The van der Waals surface area contributed by atoms with Gasteiger partial charge in [-0.3, -0.25) is 14.4 Å². The topological polar surface area (TPSA) is 93.7 Å². The van der Waals surface area contributed by atoms with Gasteiger partial charge >= 0.3 is 0 Å². The smallest absolute Gasteiger partial charge is 0.258 e. The molecule has 3 rings (SSSR count). The summed E-state index contributed by atoms with van der Waals surface area (Å²) < 4.78 is 10.9. The van der Waals surface area contributed by atoms with Gasteiger partial charge in [-0.15, -0.1) is 0 Å². The summed E-state index contributed by atoms with van der Waals surface area (Å²) in [6, 6.07) is 13.7. The summed E-state index contributed by atoms with van der Waals surface area (Å²) in [6.07, 6.45) is 3.13. The third-order valence-corrected chi connectivity index (χ3v) is 5.52. The summed E-state index contributed by atoms with van der Waals surface area (Å²) in [4.78, 5) is 35.6. The molecular formula is C24H27ClN2O5. The van der Waals surface area contributed by atoms with Crippen molar-refractivity contribution in [3.63, 3.8) is 0 Å². The van der Waals surface area contributed by atoms with Gasteiger partial charge in [-0.05, 0) is 81.1 Å². The second-order valence-electron chi connectivity index (χ2n) is 7.80. The SMILES string of the molecule is CC(=O)c1ccc(OCC(=O)N[C@H]2CC[C@H](NC(=O)COc3ccc(Cl)cc3)CC2)cc1. The number of Topliss-reactive ketones (excluding diaryl/α,β-unsaturated/α-hetero) is 1. The van der Waals surface area contributed by atoms with Crippen LogP contribution < -0.4 is 20.1 Å². The number of carbonyl (C=O) groups excluding carboxylic acids is 3. The molecule has 2 amide bonds. The van der Waals surface area contributed by atoms with E-state index < -0.39 is 0 Å². The monoisotopic (exact) mass is 458 g/mol. The number of halogens is 1. The van der Waals surface area contributed by atoms with E-state index in [0.717, 1.165) is 25.7 Å². The van der Waals surface area contributed by atoms with Crippen molar-refractivity contribution in [2.24, 2.45) is 0 Å². The first kappa shape index (κ1) is 23.6. The molecule has 0 radical (unpaired) electrons. The molecule has 0 spiro atoms. The van der Waals surface area contributed by atoms with Gasteiger partial charge < -0.3 is 20.1 Å². The molecule has 8 heteroatoms. The van der Waals surface area contributed by atoms with Crippen LogP contribution in [-0.2, 0) is 9.59 Å². The second kappa shape index (κ2) is 11.5. The molecular weight excluding hydrogens is 432 g/mol. The van der Waals surface area contributed by atoms with Crippen LogP contribution in [0, 0.1) is 0 Å². The van der Waals surface area contributed by atoms with Gasteiger partial charge in [0.25, 0.3) is 11.8 Å². The van der Waals surface area contributed by atoms with Crippen LogP contribution >= 0.6 is 11.6 Å². The Kier molecular flexibility index (Phi) is 8.50. The van der Waals surface area contributed by atoms with E-state index >= 15 is 0 Å². The van der Waals surface area contributed by atoms with Crippen molar-refractivity contribution in [3.05, 3.63) is 59.1 Å². The van der Waals surface area contributed by atoms with Gasteiger partial charge in [-0.1, -0.05) is 11.6 Å². The predicted molar refractivity (Wildman–Crippen MR) is 121 cm³/mol. The van der Waals surface area contributed by atoms with Crippen molar-refractivity contribution in [1.82, 2.24) is 10.6 Å². The highest BCUT2D eigenvalue weighted by Gasteiger charge is 2.23. The van der Waals surface area contributed by atoms with Crippen molar-refractivity contribution in [2.45, 2.75) is 44.7 Å². The number of hydrogen-bond acceptors (Lipinski definition) is 5. The summed E-state index contributed by atoms with van der Waals surface area (Å²) in [6.45, 7) is 1.36. The average Bonchev–Trinajstić information content (AvgIpc) is 2.79. The van der Waals surface area contributed by atoms with Gasteiger partial charge in [-0.25, -0.2) is 0 Å². The van der Waals surface area contributed by atoms with Crippen molar-refractivity contribution in [3.8, 4) is 11.5 Å². The lowest BCUT2D eigenvalue weighted by atomic mass is 9.91. The zero-order valence-electron chi connectivity index (χ0n) is 17.9. The highest BCUT2D eigenvalue weighted by atomic mass is 35.5. The minimum Gasteiger partial charge on any atom is -0.484 e. The van der Waals surface area contributed by atoms with E-state index in [1.807, 2.05) is 0 Å². The van der Waals surface area contributed by atoms with Crippen molar-refractivity contribution in [1.29, 1.82) is 0 Å². The van der Waals surface area contributed by atoms with Crippen LogP contribution in [-0.4, -0.2) is 42.9 Å². The molecule has 32 heavy (non-hydrogen) atoms. The fourth-order valence-corrected chi connectivity index (χ4v) is 3.66. The standard InChI is InChI=1S/C24H27ClN2O5/c1-16(28)17-2-10-21(11-3-17)31-14-23(29)26-19-6-8-20(9-7-19)27-24(30)15-32-22-12-4-18(25)5-13-22/h2-5,10-13,19-20H,6-9,14-15H2,1H3,(H,26,29)(H,27,30)/t19-,20-. The minimum atomic E-state index is -0.190. The van der Waals surface area contributed by atoms with Crippen molar-refractivity contribution in [2.75, 3.05) is 13.2 Å².